The third-order valence-electron chi connectivity index (χ3n) is 2.40. The van der Waals surface area contributed by atoms with Gasteiger partial charge in [0, 0.05) is 10.7 Å². The Morgan fingerprint density at radius 2 is 1.50 bits per heavy atom. The fourth-order valence-electron chi connectivity index (χ4n) is 1.39. The van der Waals surface area contributed by atoms with Gasteiger partial charge < -0.3 is 10.8 Å². The number of phenols is 1. The molecule has 1 aromatic carbocycles. The van der Waals surface area contributed by atoms with Crippen molar-refractivity contribution in [2.24, 2.45) is 0 Å². The van der Waals surface area contributed by atoms with Crippen LogP contribution in [0.3, 0.4) is 0 Å². The summed E-state index contributed by atoms with van der Waals surface area (Å²) in [5.41, 5.74) is 2.32. The molecule has 13 heteroatoms. The number of nitro benzene ring substituents is 3. The lowest BCUT2D eigenvalue weighted by Crippen LogP contribution is -1.97. The summed E-state index contributed by atoms with van der Waals surface area (Å²) in [6.07, 6.45) is 1.65. The summed E-state index contributed by atoms with van der Waals surface area (Å²) in [5, 5.41) is 40.2. The summed E-state index contributed by atoms with van der Waals surface area (Å²) in [4.78, 5) is 31.6. The number of hydrogen-bond donors (Lipinski definition) is 2. The second-order valence-electron chi connectivity index (χ2n) is 4.00. The summed E-state index contributed by atoms with van der Waals surface area (Å²) in [6, 6.07) is 4.47. The molecule has 0 radical (unpaired) electrons. The average molecular weight is 402 g/mol. The molecule has 1 heterocycles. The highest BCUT2D eigenvalue weighted by atomic mass is 79.9. The van der Waals surface area contributed by atoms with Crippen LogP contribution in [0.2, 0.25) is 0 Å². The van der Waals surface area contributed by atoms with Crippen LogP contribution in [0.25, 0.3) is 0 Å². The van der Waals surface area contributed by atoms with Crippen molar-refractivity contribution in [1.82, 2.24) is 4.98 Å². The van der Waals surface area contributed by atoms with Crippen LogP contribution in [0, 0.1) is 30.3 Å². The predicted octanol–water partition coefficient (Wildman–Crippen LogP) is 2.54. The van der Waals surface area contributed by atoms with Crippen molar-refractivity contribution in [3.8, 4) is 5.75 Å². The van der Waals surface area contributed by atoms with Crippen molar-refractivity contribution < 1.29 is 19.9 Å². The summed E-state index contributed by atoms with van der Waals surface area (Å²) < 4.78 is 0.963. The SMILES string of the molecule is Nc1cc(Br)ccn1.O=[N+]([O-])c1cc([N+](=O)[O-])c(O)c([N+](=O)[O-])c1. The second kappa shape index (κ2) is 7.77. The first kappa shape index (κ1) is 18.7. The first-order valence-corrected chi connectivity index (χ1v) is 6.60. The van der Waals surface area contributed by atoms with Gasteiger partial charge in [-0.2, -0.15) is 0 Å². The van der Waals surface area contributed by atoms with Crippen molar-refractivity contribution in [2.45, 2.75) is 0 Å². The number of phenolic OH excluding ortho intramolecular Hbond substituents is 1. The van der Waals surface area contributed by atoms with E-state index in [1.807, 2.05) is 6.07 Å². The van der Waals surface area contributed by atoms with Crippen molar-refractivity contribution >= 4 is 38.8 Å². The monoisotopic (exact) mass is 401 g/mol. The minimum Gasteiger partial charge on any atom is -0.497 e. The van der Waals surface area contributed by atoms with E-state index in [4.69, 9.17) is 10.8 Å². The quantitative estimate of drug-likeness (QED) is 0.574. The molecule has 0 atom stereocenters. The lowest BCUT2D eigenvalue weighted by Gasteiger charge is -1.97. The molecular weight excluding hydrogens is 394 g/mol. The molecule has 0 bridgehead atoms. The highest BCUT2D eigenvalue weighted by Gasteiger charge is 2.30. The van der Waals surface area contributed by atoms with E-state index < -0.39 is 37.6 Å². The molecule has 24 heavy (non-hydrogen) atoms. The van der Waals surface area contributed by atoms with Gasteiger partial charge in [-0.15, -0.1) is 0 Å². The van der Waals surface area contributed by atoms with Gasteiger partial charge in [0.05, 0.1) is 26.9 Å². The first-order valence-electron chi connectivity index (χ1n) is 5.80. The summed E-state index contributed by atoms with van der Waals surface area (Å²) >= 11 is 3.24. The Morgan fingerprint density at radius 1 is 1.00 bits per heavy atom. The minimum atomic E-state index is -1.21. The van der Waals surface area contributed by atoms with Gasteiger partial charge in [-0.05, 0) is 12.1 Å². The molecule has 0 fully saturated rings. The smallest absolute Gasteiger partial charge is 0.324 e. The number of aromatic nitrogens is 1. The number of nitro groups is 3. The summed E-state index contributed by atoms with van der Waals surface area (Å²) in [7, 11) is 0. The molecule has 2 rings (SSSR count). The Hall–Kier alpha value is -3.35. The molecule has 1 aromatic heterocycles. The maximum atomic E-state index is 10.4. The van der Waals surface area contributed by atoms with Crippen molar-refractivity contribution in [2.75, 3.05) is 5.73 Å². The molecule has 3 N–H and O–H groups in total. The number of pyridine rings is 1. The Balaban J connectivity index is 0.000000300. The summed E-state index contributed by atoms with van der Waals surface area (Å²) in [5.74, 6) is -0.667. The highest BCUT2D eigenvalue weighted by molar-refractivity contribution is 9.10. The maximum absolute atomic E-state index is 10.4. The van der Waals surface area contributed by atoms with E-state index in [0.717, 1.165) is 4.47 Å². The normalized spacial score (nSPS) is 9.54. The maximum Gasteiger partial charge on any atom is 0.324 e. The van der Waals surface area contributed by atoms with Crippen LogP contribution in [0.5, 0.6) is 5.75 Å². The number of nitrogens with two attached hydrogens (primary N) is 1. The van der Waals surface area contributed by atoms with Gasteiger partial charge in [-0.25, -0.2) is 4.98 Å². The van der Waals surface area contributed by atoms with Crippen molar-refractivity contribution in [1.29, 1.82) is 0 Å². The van der Waals surface area contributed by atoms with Crippen LogP contribution in [0.1, 0.15) is 0 Å². The Labute approximate surface area is 141 Å². The number of nitrogen functional groups attached to an aromatic ring is 1. The van der Waals surface area contributed by atoms with E-state index in [1.54, 1.807) is 12.3 Å². The van der Waals surface area contributed by atoms with Gasteiger partial charge >= 0.3 is 11.4 Å². The molecule has 2 aromatic rings. The van der Waals surface area contributed by atoms with E-state index in [0.29, 0.717) is 18.0 Å². The molecule has 0 aliphatic heterocycles. The largest absolute Gasteiger partial charge is 0.497 e. The highest BCUT2D eigenvalue weighted by Crippen LogP contribution is 2.38. The third kappa shape index (κ3) is 4.84. The zero-order chi connectivity index (χ0) is 18.4. The standard InChI is InChI=1S/C6H3N3O7.C5H5BrN2/c10-6-4(8(13)14)1-3(7(11)12)2-5(6)9(15)16;6-4-1-2-8-5(7)3-4/h1-2,10H;1-3H,(H2,7,8). The molecule has 0 saturated heterocycles. The molecule has 0 unspecified atom stereocenters. The fourth-order valence-corrected chi connectivity index (χ4v) is 1.75. The average Bonchev–Trinajstić information content (AvgIpc) is 2.46. The van der Waals surface area contributed by atoms with Crippen molar-refractivity contribution in [3.63, 3.8) is 0 Å². The predicted molar refractivity (Wildman–Crippen MR) is 84.4 cm³/mol. The zero-order valence-electron chi connectivity index (χ0n) is 11.5. The Morgan fingerprint density at radius 3 is 1.79 bits per heavy atom. The van der Waals surface area contributed by atoms with E-state index in [-0.39, 0.29) is 0 Å². The molecular formula is C11H8BrN5O7. The zero-order valence-corrected chi connectivity index (χ0v) is 13.1. The lowest BCUT2D eigenvalue weighted by molar-refractivity contribution is -0.404. The van der Waals surface area contributed by atoms with Crippen LogP contribution < -0.4 is 5.73 Å². The molecule has 0 aliphatic carbocycles. The number of halogens is 1. The van der Waals surface area contributed by atoms with Crippen LogP contribution in [0.15, 0.2) is 34.9 Å². The van der Waals surface area contributed by atoms with E-state index >= 15 is 0 Å². The van der Waals surface area contributed by atoms with Crippen LogP contribution >= 0.6 is 15.9 Å². The van der Waals surface area contributed by atoms with Gasteiger partial charge in [-0.1, -0.05) is 15.9 Å². The van der Waals surface area contributed by atoms with E-state index in [9.17, 15) is 30.3 Å². The number of non-ortho nitro benzene ring substituents is 1. The molecule has 126 valence electrons. The van der Waals surface area contributed by atoms with Gasteiger partial charge in [0.1, 0.15) is 5.82 Å². The lowest BCUT2D eigenvalue weighted by atomic mass is 10.2. The van der Waals surface area contributed by atoms with Gasteiger partial charge in [-0.3, -0.25) is 30.3 Å². The number of benzene rings is 1. The Bertz CT molecular complexity index is 761. The fraction of sp³-hybridized carbons (Fsp3) is 0. The molecule has 12 nitrogen and oxygen atoms in total. The molecule has 0 amide bonds. The number of hydrogen-bond acceptors (Lipinski definition) is 9. The number of aromatic hydroxyl groups is 1. The topological polar surface area (TPSA) is 189 Å². The van der Waals surface area contributed by atoms with Crippen LogP contribution in [-0.2, 0) is 0 Å². The van der Waals surface area contributed by atoms with Crippen LogP contribution in [0.4, 0.5) is 22.9 Å². The molecule has 0 spiro atoms. The van der Waals surface area contributed by atoms with Gasteiger partial charge in [0.25, 0.3) is 11.4 Å². The van der Waals surface area contributed by atoms with Gasteiger partial charge in [0.2, 0.25) is 0 Å². The van der Waals surface area contributed by atoms with Crippen LogP contribution in [-0.4, -0.2) is 24.9 Å². The molecule has 0 aliphatic rings. The van der Waals surface area contributed by atoms with E-state index in [2.05, 4.69) is 20.9 Å². The van der Waals surface area contributed by atoms with E-state index in [1.165, 1.54) is 0 Å². The minimum absolute atomic E-state index is 0.447. The number of rotatable bonds is 3. The third-order valence-corrected chi connectivity index (χ3v) is 2.90. The number of nitrogens with zero attached hydrogens (tertiary/aromatic N) is 4. The number of anilines is 1. The first-order chi connectivity index (χ1) is 11.1. The second-order valence-corrected chi connectivity index (χ2v) is 4.92. The van der Waals surface area contributed by atoms with Gasteiger partial charge in [0.15, 0.2) is 0 Å². The Kier molecular flexibility index (Phi) is 6.06. The summed E-state index contributed by atoms with van der Waals surface area (Å²) in [6.45, 7) is 0. The van der Waals surface area contributed by atoms with Crippen molar-refractivity contribution in [3.05, 3.63) is 65.3 Å². The molecule has 0 saturated carbocycles.